The van der Waals surface area contributed by atoms with Gasteiger partial charge in [0.2, 0.25) is 5.91 Å². The molecule has 0 aliphatic rings. The number of carbonyl (C=O) groups is 1. The summed E-state index contributed by atoms with van der Waals surface area (Å²) >= 11 is 1.44. The number of aliphatic hydroxyl groups is 1. The van der Waals surface area contributed by atoms with Crippen molar-refractivity contribution >= 4 is 28.6 Å². The minimum Gasteiger partial charge on any atom is -0.388 e. The lowest BCUT2D eigenvalue weighted by Crippen LogP contribution is -2.27. The normalized spacial score (nSPS) is 12.0. The summed E-state index contributed by atoms with van der Waals surface area (Å²) in [5.74, 6) is 0.839. The number of fused-ring (bicyclic) bond motifs is 1. The molecule has 2 aromatic carbocycles. The molecule has 0 aliphatic heterocycles. The van der Waals surface area contributed by atoms with Crippen LogP contribution in [0.4, 0.5) is 0 Å². The topological polar surface area (TPSA) is 62.2 Å². The Morgan fingerprint density at radius 3 is 2.73 bits per heavy atom. The van der Waals surface area contributed by atoms with Gasteiger partial charge in [0, 0.05) is 23.9 Å². The van der Waals surface area contributed by atoms with Gasteiger partial charge in [-0.3, -0.25) is 9.78 Å². The van der Waals surface area contributed by atoms with E-state index >= 15 is 0 Å². The number of thioether (sulfide) groups is 1. The summed E-state index contributed by atoms with van der Waals surface area (Å²) < 4.78 is 0. The van der Waals surface area contributed by atoms with E-state index in [9.17, 15) is 9.90 Å². The Balaban J connectivity index is 1.40. The fourth-order valence-corrected chi connectivity index (χ4v) is 3.61. The van der Waals surface area contributed by atoms with Gasteiger partial charge in [-0.15, -0.1) is 11.8 Å². The third-order valence-corrected chi connectivity index (χ3v) is 5.14. The largest absolute Gasteiger partial charge is 0.388 e. The van der Waals surface area contributed by atoms with Gasteiger partial charge in [0.25, 0.3) is 0 Å². The number of aromatic nitrogens is 1. The fourth-order valence-electron chi connectivity index (χ4n) is 2.79. The number of benzene rings is 2. The Labute approximate surface area is 157 Å². The summed E-state index contributed by atoms with van der Waals surface area (Å²) in [5.41, 5.74) is 3.00. The monoisotopic (exact) mass is 366 g/mol. The maximum atomic E-state index is 12.0. The summed E-state index contributed by atoms with van der Waals surface area (Å²) in [6.07, 6.45) is 1.99. The average Bonchev–Trinajstić information content (AvgIpc) is 2.69. The number of carbonyl (C=O) groups excluding carboxylic acids is 1. The van der Waals surface area contributed by atoms with Gasteiger partial charge < -0.3 is 10.4 Å². The molecule has 3 rings (SSSR count). The van der Waals surface area contributed by atoms with Crippen LogP contribution in [0.5, 0.6) is 0 Å². The predicted octanol–water partition coefficient (Wildman–Crippen LogP) is 3.36. The van der Waals surface area contributed by atoms with Crippen molar-refractivity contribution in [3.05, 3.63) is 78.0 Å². The number of rotatable bonds is 8. The van der Waals surface area contributed by atoms with Gasteiger partial charge in [0.15, 0.2) is 0 Å². The molecule has 1 atom stereocenters. The Morgan fingerprint density at radius 2 is 1.88 bits per heavy atom. The number of amides is 1. The van der Waals surface area contributed by atoms with Crippen molar-refractivity contribution in [2.45, 2.75) is 12.5 Å². The molecule has 0 saturated heterocycles. The van der Waals surface area contributed by atoms with Gasteiger partial charge in [-0.2, -0.15) is 0 Å². The van der Waals surface area contributed by atoms with E-state index in [1.807, 2.05) is 60.7 Å². The minimum atomic E-state index is -0.546. The molecule has 2 N–H and O–H groups in total. The third-order valence-electron chi connectivity index (χ3n) is 4.13. The molecule has 134 valence electrons. The average molecular weight is 366 g/mol. The van der Waals surface area contributed by atoms with Crippen LogP contribution >= 0.6 is 11.8 Å². The summed E-state index contributed by atoms with van der Waals surface area (Å²) in [7, 11) is 0. The summed E-state index contributed by atoms with van der Waals surface area (Å²) in [6, 6.07) is 19.6. The molecule has 4 nitrogen and oxygen atoms in total. The molecule has 1 amide bonds. The molecule has 0 fully saturated rings. The summed E-state index contributed by atoms with van der Waals surface area (Å²) in [4.78, 5) is 16.4. The van der Waals surface area contributed by atoms with Crippen molar-refractivity contribution in [1.29, 1.82) is 0 Å². The van der Waals surface area contributed by atoms with Crippen LogP contribution in [0.1, 0.15) is 17.2 Å². The van der Waals surface area contributed by atoms with Gasteiger partial charge in [-0.05, 0) is 23.6 Å². The maximum absolute atomic E-state index is 12.0. The number of hydrogen-bond donors (Lipinski definition) is 2. The van der Waals surface area contributed by atoms with Gasteiger partial charge in [-0.25, -0.2) is 0 Å². The van der Waals surface area contributed by atoms with Crippen molar-refractivity contribution < 1.29 is 9.90 Å². The Morgan fingerprint density at radius 1 is 1.08 bits per heavy atom. The molecule has 26 heavy (non-hydrogen) atoms. The van der Waals surface area contributed by atoms with Crippen LogP contribution in [-0.4, -0.2) is 34.0 Å². The quantitative estimate of drug-likeness (QED) is 0.642. The van der Waals surface area contributed by atoms with Crippen LogP contribution in [0.2, 0.25) is 0 Å². The highest BCUT2D eigenvalue weighted by Crippen LogP contribution is 2.18. The third kappa shape index (κ3) is 5.07. The van der Waals surface area contributed by atoms with Gasteiger partial charge in [0.1, 0.15) is 0 Å². The smallest absolute Gasteiger partial charge is 0.230 e. The number of pyridine rings is 1. The molecule has 0 spiro atoms. The molecule has 1 unspecified atom stereocenters. The Kier molecular flexibility index (Phi) is 6.63. The second kappa shape index (κ2) is 9.36. The van der Waals surface area contributed by atoms with Crippen LogP contribution in [0.15, 0.2) is 66.9 Å². The van der Waals surface area contributed by atoms with Crippen LogP contribution < -0.4 is 5.32 Å². The van der Waals surface area contributed by atoms with E-state index in [0.29, 0.717) is 18.1 Å². The molecule has 5 heteroatoms. The molecule has 1 aromatic heterocycles. The Bertz CT molecular complexity index is 850. The van der Waals surface area contributed by atoms with Crippen molar-refractivity contribution in [3.8, 4) is 0 Å². The van der Waals surface area contributed by atoms with E-state index < -0.39 is 6.10 Å². The standard InChI is InChI=1S/C21H22N2O2S/c24-19(16-6-2-1-3-7-16)14-26-15-20(25)22-13-11-18-9-4-8-17-10-5-12-23-21(17)18/h1-10,12,19,24H,11,13-15H2,(H,22,25). The number of nitrogens with zero attached hydrogens (tertiary/aromatic N) is 1. The summed E-state index contributed by atoms with van der Waals surface area (Å²) in [6.45, 7) is 0.580. The van der Waals surface area contributed by atoms with E-state index in [1.54, 1.807) is 6.20 Å². The number of aliphatic hydroxyl groups excluding tert-OH is 1. The first-order chi connectivity index (χ1) is 12.7. The van der Waals surface area contributed by atoms with E-state index in [-0.39, 0.29) is 5.91 Å². The predicted molar refractivity (Wildman–Crippen MR) is 107 cm³/mol. The number of hydrogen-bond acceptors (Lipinski definition) is 4. The zero-order valence-corrected chi connectivity index (χ0v) is 15.3. The molecule has 3 aromatic rings. The molecular weight excluding hydrogens is 344 g/mol. The second-order valence-electron chi connectivity index (χ2n) is 6.03. The van der Waals surface area contributed by atoms with Gasteiger partial charge >= 0.3 is 0 Å². The number of para-hydroxylation sites is 1. The zero-order valence-electron chi connectivity index (χ0n) is 14.5. The fraction of sp³-hybridized carbons (Fsp3) is 0.238. The maximum Gasteiger partial charge on any atom is 0.230 e. The highest BCUT2D eigenvalue weighted by molar-refractivity contribution is 7.99. The SMILES string of the molecule is O=C(CSCC(O)c1ccccc1)NCCc1cccc2cccnc12. The lowest BCUT2D eigenvalue weighted by atomic mass is 10.1. The first-order valence-corrected chi connectivity index (χ1v) is 9.79. The van der Waals surface area contributed by atoms with E-state index in [1.165, 1.54) is 11.8 Å². The van der Waals surface area contributed by atoms with E-state index in [2.05, 4.69) is 10.3 Å². The zero-order chi connectivity index (χ0) is 18.2. The first kappa shape index (κ1) is 18.4. The molecule has 0 bridgehead atoms. The lowest BCUT2D eigenvalue weighted by molar-refractivity contribution is -0.118. The molecule has 1 heterocycles. The van der Waals surface area contributed by atoms with Gasteiger partial charge in [-0.1, -0.05) is 54.6 Å². The van der Waals surface area contributed by atoms with E-state index in [0.717, 1.165) is 28.5 Å². The Hall–Kier alpha value is -2.37. The van der Waals surface area contributed by atoms with Crippen molar-refractivity contribution in [2.75, 3.05) is 18.1 Å². The van der Waals surface area contributed by atoms with Crippen LogP contribution in [-0.2, 0) is 11.2 Å². The highest BCUT2D eigenvalue weighted by atomic mass is 32.2. The number of nitrogens with one attached hydrogen (secondary N) is 1. The lowest BCUT2D eigenvalue weighted by Gasteiger charge is -2.11. The van der Waals surface area contributed by atoms with Crippen LogP contribution in [0.25, 0.3) is 10.9 Å². The van der Waals surface area contributed by atoms with Crippen LogP contribution in [0.3, 0.4) is 0 Å². The molecular formula is C21H22N2O2S. The first-order valence-electron chi connectivity index (χ1n) is 8.64. The van der Waals surface area contributed by atoms with E-state index in [4.69, 9.17) is 0 Å². The second-order valence-corrected chi connectivity index (χ2v) is 7.06. The van der Waals surface area contributed by atoms with Crippen molar-refractivity contribution in [1.82, 2.24) is 10.3 Å². The molecule has 0 aliphatic carbocycles. The van der Waals surface area contributed by atoms with Crippen LogP contribution in [0, 0.1) is 0 Å². The van der Waals surface area contributed by atoms with Crippen molar-refractivity contribution in [2.24, 2.45) is 0 Å². The molecule has 0 saturated carbocycles. The van der Waals surface area contributed by atoms with Gasteiger partial charge in [0.05, 0.1) is 17.4 Å². The summed E-state index contributed by atoms with van der Waals surface area (Å²) in [5, 5.41) is 14.2. The molecule has 0 radical (unpaired) electrons. The van der Waals surface area contributed by atoms with Crippen molar-refractivity contribution in [3.63, 3.8) is 0 Å². The highest BCUT2D eigenvalue weighted by Gasteiger charge is 2.09. The minimum absolute atomic E-state index is 0.0107.